The van der Waals surface area contributed by atoms with Gasteiger partial charge in [-0.3, -0.25) is 14.3 Å². The summed E-state index contributed by atoms with van der Waals surface area (Å²) in [6.45, 7) is -1.43. The summed E-state index contributed by atoms with van der Waals surface area (Å²) >= 11 is 0. The van der Waals surface area contributed by atoms with Gasteiger partial charge in [-0.15, -0.1) is 0 Å². The molecule has 2 aromatic carbocycles. The van der Waals surface area contributed by atoms with Gasteiger partial charge in [0.15, 0.2) is 0 Å². The molecule has 4 rings (SSSR count). The van der Waals surface area contributed by atoms with Crippen molar-refractivity contribution in [1.29, 1.82) is 0 Å². The molecule has 1 fully saturated rings. The van der Waals surface area contributed by atoms with Gasteiger partial charge in [-0.2, -0.15) is 13.2 Å². The summed E-state index contributed by atoms with van der Waals surface area (Å²) in [5, 5.41) is 1.82. The second-order valence-corrected chi connectivity index (χ2v) is 10.7. The highest BCUT2D eigenvalue weighted by atomic mass is 32.2. The summed E-state index contributed by atoms with van der Waals surface area (Å²) < 4.78 is 89.7. The number of nitrogens with zero attached hydrogens (tertiary/aromatic N) is 1. The molecule has 2 aliphatic heterocycles. The van der Waals surface area contributed by atoms with E-state index in [0.717, 1.165) is 24.3 Å². The van der Waals surface area contributed by atoms with E-state index in [9.17, 15) is 35.6 Å². The second-order valence-electron chi connectivity index (χ2n) is 9.03. The molecule has 14 heteroatoms. The molecule has 0 radical (unpaired) electrons. The molecular formula is C24H25F4N3O6S. The fourth-order valence-corrected chi connectivity index (χ4v) is 5.45. The minimum Gasteiger partial charge on any atom is -0.490 e. The highest BCUT2D eigenvalue weighted by molar-refractivity contribution is 7.92. The number of hydrogen-bond donors (Lipinski definition) is 2. The molecule has 9 nitrogen and oxygen atoms in total. The molecule has 2 N–H and O–H groups in total. The van der Waals surface area contributed by atoms with Crippen LogP contribution in [0.5, 0.6) is 5.75 Å². The number of anilines is 1. The SMILES string of the molecule is CN1C(=O)c2cc(NS(=O)(=O)c3ccc(F)cc3)ccc2OC[C@H]2O[C@H](CC(=O)NCC(F)(F)F)CC[C@@H]21. The van der Waals surface area contributed by atoms with E-state index < -0.39 is 58.6 Å². The number of ether oxygens (including phenoxy) is 2. The lowest BCUT2D eigenvalue weighted by Gasteiger charge is -2.42. The van der Waals surface area contributed by atoms with Crippen LogP contribution in [-0.2, 0) is 19.6 Å². The Balaban J connectivity index is 1.46. The molecular weight excluding hydrogens is 534 g/mol. The Labute approximate surface area is 216 Å². The minimum atomic E-state index is -4.52. The Kier molecular flexibility index (Phi) is 7.83. The van der Waals surface area contributed by atoms with Crippen molar-refractivity contribution in [2.45, 2.75) is 48.6 Å². The number of nitrogens with one attached hydrogen (secondary N) is 2. The van der Waals surface area contributed by atoms with Crippen molar-refractivity contribution in [3.63, 3.8) is 0 Å². The van der Waals surface area contributed by atoms with Crippen molar-refractivity contribution in [2.75, 3.05) is 24.9 Å². The molecule has 1 saturated heterocycles. The lowest BCUT2D eigenvalue weighted by Crippen LogP contribution is -2.54. The van der Waals surface area contributed by atoms with Gasteiger partial charge in [0, 0.05) is 12.7 Å². The van der Waals surface area contributed by atoms with Gasteiger partial charge in [-0.25, -0.2) is 12.8 Å². The number of halogens is 4. The highest BCUT2D eigenvalue weighted by Crippen LogP contribution is 2.33. The quantitative estimate of drug-likeness (QED) is 0.526. The number of hydrogen-bond acceptors (Lipinski definition) is 6. The van der Waals surface area contributed by atoms with Crippen LogP contribution in [0.3, 0.4) is 0 Å². The standard InChI is InChI=1S/C24H25F4N3O6S/c1-31-19-8-5-16(11-22(32)29-13-24(26,27)28)37-21(19)12-36-20-9-4-15(10-18(20)23(31)33)30-38(34,35)17-6-2-14(25)3-7-17/h2-4,6-7,9-10,16,19,21,30H,5,8,11-13H2,1H3,(H,29,32)/t16-,19-,21+/m0/s1. The molecule has 2 heterocycles. The zero-order valence-electron chi connectivity index (χ0n) is 20.1. The predicted molar refractivity (Wildman–Crippen MR) is 127 cm³/mol. The van der Waals surface area contributed by atoms with Crippen molar-refractivity contribution in [1.82, 2.24) is 10.2 Å². The molecule has 3 atom stereocenters. The Morgan fingerprint density at radius 3 is 2.53 bits per heavy atom. The van der Waals surface area contributed by atoms with Gasteiger partial charge in [0.1, 0.15) is 30.8 Å². The van der Waals surface area contributed by atoms with Crippen molar-refractivity contribution in [3.05, 3.63) is 53.8 Å². The molecule has 0 bridgehead atoms. The number of alkyl halides is 3. The molecule has 0 aliphatic carbocycles. The summed E-state index contributed by atoms with van der Waals surface area (Å²) in [6, 6.07) is 7.99. The van der Waals surface area contributed by atoms with E-state index in [1.807, 2.05) is 5.32 Å². The topological polar surface area (TPSA) is 114 Å². The van der Waals surface area contributed by atoms with Crippen LogP contribution < -0.4 is 14.8 Å². The predicted octanol–water partition coefficient (Wildman–Crippen LogP) is 3.08. The van der Waals surface area contributed by atoms with E-state index >= 15 is 0 Å². The Morgan fingerprint density at radius 2 is 1.84 bits per heavy atom. The smallest absolute Gasteiger partial charge is 0.405 e. The van der Waals surface area contributed by atoms with Crippen LogP contribution in [0, 0.1) is 5.82 Å². The maximum Gasteiger partial charge on any atom is 0.405 e. The van der Waals surface area contributed by atoms with Gasteiger partial charge < -0.3 is 19.7 Å². The van der Waals surface area contributed by atoms with Crippen LogP contribution in [0.4, 0.5) is 23.2 Å². The van der Waals surface area contributed by atoms with Crippen LogP contribution in [0.2, 0.25) is 0 Å². The van der Waals surface area contributed by atoms with Crippen LogP contribution >= 0.6 is 0 Å². The molecule has 0 spiro atoms. The van der Waals surface area contributed by atoms with Crippen LogP contribution in [0.15, 0.2) is 47.4 Å². The summed E-state index contributed by atoms with van der Waals surface area (Å²) in [7, 11) is -2.49. The Hall–Kier alpha value is -3.39. The van der Waals surface area contributed by atoms with Crippen molar-refractivity contribution in [2.24, 2.45) is 0 Å². The van der Waals surface area contributed by atoms with E-state index in [4.69, 9.17) is 9.47 Å². The largest absolute Gasteiger partial charge is 0.490 e. The van der Waals surface area contributed by atoms with Crippen LogP contribution in [-0.4, -0.2) is 69.8 Å². The molecule has 2 amide bonds. The maximum absolute atomic E-state index is 13.3. The van der Waals surface area contributed by atoms with E-state index in [2.05, 4.69) is 4.72 Å². The van der Waals surface area contributed by atoms with Gasteiger partial charge in [-0.1, -0.05) is 0 Å². The molecule has 0 unspecified atom stereocenters. The second kappa shape index (κ2) is 10.8. The number of rotatable bonds is 6. The summed E-state index contributed by atoms with van der Waals surface area (Å²) in [6.07, 6.45) is -5.30. The normalized spacial score (nSPS) is 21.9. The monoisotopic (exact) mass is 559 g/mol. The third-order valence-electron chi connectivity index (χ3n) is 6.29. The average molecular weight is 560 g/mol. The van der Waals surface area contributed by atoms with E-state index in [1.54, 1.807) is 7.05 Å². The third-order valence-corrected chi connectivity index (χ3v) is 7.68. The third kappa shape index (κ3) is 6.54. The lowest BCUT2D eigenvalue weighted by atomic mass is 9.94. The first-order chi connectivity index (χ1) is 17.8. The molecule has 2 aromatic rings. The molecule has 206 valence electrons. The summed E-state index contributed by atoms with van der Waals surface area (Å²) in [5.41, 5.74) is 0.208. The van der Waals surface area contributed by atoms with Gasteiger partial charge in [0.05, 0.1) is 29.0 Å². The van der Waals surface area contributed by atoms with Crippen molar-refractivity contribution < 1.29 is 45.0 Å². The van der Waals surface area contributed by atoms with Gasteiger partial charge in [0.2, 0.25) is 5.91 Å². The first kappa shape index (κ1) is 27.6. The zero-order valence-corrected chi connectivity index (χ0v) is 20.9. The van der Waals surface area contributed by atoms with E-state index in [-0.39, 0.29) is 34.9 Å². The Bertz CT molecular complexity index is 1300. The first-order valence-corrected chi connectivity index (χ1v) is 13.1. The first-order valence-electron chi connectivity index (χ1n) is 11.6. The van der Waals surface area contributed by atoms with Gasteiger partial charge in [-0.05, 0) is 55.3 Å². The fourth-order valence-electron chi connectivity index (χ4n) is 4.40. The number of benzene rings is 2. The number of carbonyl (C=O) groups excluding carboxylic acids is 2. The molecule has 0 saturated carbocycles. The number of amides is 2. The number of sulfonamides is 1. The van der Waals surface area contributed by atoms with Gasteiger partial charge in [0.25, 0.3) is 15.9 Å². The van der Waals surface area contributed by atoms with Crippen LogP contribution in [0.1, 0.15) is 29.6 Å². The number of likely N-dealkylation sites (N-methyl/N-ethyl adjacent to an activating group) is 1. The van der Waals surface area contributed by atoms with Crippen molar-refractivity contribution in [3.8, 4) is 5.75 Å². The van der Waals surface area contributed by atoms with E-state index in [1.165, 1.54) is 23.1 Å². The summed E-state index contributed by atoms with van der Waals surface area (Å²) in [5.74, 6) is -1.65. The molecule has 0 aromatic heterocycles. The Morgan fingerprint density at radius 1 is 1.13 bits per heavy atom. The average Bonchev–Trinajstić information content (AvgIpc) is 2.85. The maximum atomic E-state index is 13.3. The van der Waals surface area contributed by atoms with Crippen LogP contribution in [0.25, 0.3) is 0 Å². The van der Waals surface area contributed by atoms with Gasteiger partial charge >= 0.3 is 6.18 Å². The minimum absolute atomic E-state index is 0.00336. The van der Waals surface area contributed by atoms with E-state index in [0.29, 0.717) is 12.8 Å². The lowest BCUT2D eigenvalue weighted by molar-refractivity contribution is -0.144. The number of carbonyl (C=O) groups is 2. The molecule has 2 aliphatic rings. The summed E-state index contributed by atoms with van der Waals surface area (Å²) in [4.78, 5) is 26.5. The zero-order chi connectivity index (χ0) is 27.7. The molecule has 38 heavy (non-hydrogen) atoms. The van der Waals surface area contributed by atoms with Crippen molar-refractivity contribution >= 4 is 27.5 Å². The fraction of sp³-hybridized carbons (Fsp3) is 0.417. The number of fused-ring (bicyclic) bond motifs is 2. The highest BCUT2D eigenvalue weighted by Gasteiger charge is 2.39.